The molecule has 5 rings (SSSR count). The quantitative estimate of drug-likeness (QED) is 0.763. The highest BCUT2D eigenvalue weighted by Gasteiger charge is 2.53. The van der Waals surface area contributed by atoms with Crippen LogP contribution in [0, 0.1) is 5.82 Å². The van der Waals surface area contributed by atoms with Crippen LogP contribution in [0.2, 0.25) is 5.02 Å². The zero-order chi connectivity index (χ0) is 22.8. The molecule has 2 amide bonds. The van der Waals surface area contributed by atoms with Crippen LogP contribution in [-0.4, -0.2) is 44.4 Å². The third-order valence-corrected chi connectivity index (χ3v) is 7.38. The topological polar surface area (TPSA) is 82.9 Å². The van der Waals surface area contributed by atoms with Gasteiger partial charge >= 0.3 is 0 Å². The van der Waals surface area contributed by atoms with Gasteiger partial charge in [-0.05, 0) is 49.8 Å². The van der Waals surface area contributed by atoms with E-state index in [4.69, 9.17) is 11.6 Å². The maximum atomic E-state index is 13.5. The van der Waals surface area contributed by atoms with E-state index in [1.807, 2.05) is 6.92 Å². The number of amides is 2. The first-order valence-electron chi connectivity index (χ1n) is 10.9. The van der Waals surface area contributed by atoms with Gasteiger partial charge in [-0.2, -0.15) is 0 Å². The molecular formula is C23H23ClFN3O4. The summed E-state index contributed by atoms with van der Waals surface area (Å²) >= 11 is 5.86. The Morgan fingerprint density at radius 2 is 1.94 bits per heavy atom. The molecule has 1 fully saturated rings. The minimum absolute atomic E-state index is 0.0432. The lowest BCUT2D eigenvalue weighted by Gasteiger charge is -2.42. The van der Waals surface area contributed by atoms with E-state index >= 15 is 0 Å². The molecule has 7 nitrogen and oxygen atoms in total. The van der Waals surface area contributed by atoms with Crippen molar-refractivity contribution < 1.29 is 19.1 Å². The number of nitrogens with zero attached hydrogens (tertiary/aromatic N) is 3. The van der Waals surface area contributed by atoms with Crippen molar-refractivity contribution >= 4 is 23.4 Å². The molecule has 3 aliphatic heterocycles. The molecule has 3 aliphatic rings. The highest BCUT2D eigenvalue weighted by Crippen LogP contribution is 2.44. The molecule has 168 valence electrons. The highest BCUT2D eigenvalue weighted by molar-refractivity contribution is 6.30. The third kappa shape index (κ3) is 2.75. The molecule has 32 heavy (non-hydrogen) atoms. The summed E-state index contributed by atoms with van der Waals surface area (Å²) in [6.07, 6.45) is 3.27. The van der Waals surface area contributed by atoms with Crippen LogP contribution in [0.25, 0.3) is 0 Å². The van der Waals surface area contributed by atoms with Crippen LogP contribution < -0.4 is 5.56 Å². The van der Waals surface area contributed by atoms with Crippen LogP contribution in [0.1, 0.15) is 64.6 Å². The first-order chi connectivity index (χ1) is 15.3. The number of carbonyl (C=O) groups is 2. The maximum absolute atomic E-state index is 13.5. The number of benzene rings is 1. The maximum Gasteiger partial charge on any atom is 0.296 e. The Balaban J connectivity index is 1.60. The van der Waals surface area contributed by atoms with Crippen LogP contribution in [-0.2, 0) is 18.6 Å². The molecule has 1 N–H and O–H groups in total. The molecule has 0 aliphatic carbocycles. The van der Waals surface area contributed by atoms with Gasteiger partial charge in [0.1, 0.15) is 17.2 Å². The Bertz CT molecular complexity index is 1230. The van der Waals surface area contributed by atoms with Crippen LogP contribution in [0.5, 0.6) is 5.75 Å². The second kappa shape index (κ2) is 7.33. The Kier molecular flexibility index (Phi) is 4.81. The summed E-state index contributed by atoms with van der Waals surface area (Å²) in [6.45, 7) is 2.94. The zero-order valence-electron chi connectivity index (χ0n) is 17.7. The summed E-state index contributed by atoms with van der Waals surface area (Å²) in [4.78, 5) is 43.2. The van der Waals surface area contributed by atoms with E-state index in [2.05, 4.69) is 0 Å². The first kappa shape index (κ1) is 21.0. The molecular weight excluding hydrogens is 437 g/mol. The number of aromatic nitrogens is 1. The number of halogens is 2. The van der Waals surface area contributed by atoms with Crippen molar-refractivity contribution in [2.75, 3.05) is 13.1 Å². The monoisotopic (exact) mass is 459 g/mol. The largest absolute Gasteiger partial charge is 0.502 e. The van der Waals surface area contributed by atoms with Crippen molar-refractivity contribution in [2.24, 2.45) is 0 Å². The molecule has 9 heteroatoms. The molecule has 1 aromatic heterocycles. The summed E-state index contributed by atoms with van der Waals surface area (Å²) in [5.41, 5.74) is -0.265. The highest BCUT2D eigenvalue weighted by atomic mass is 35.5. The SMILES string of the molecule is CCC12CCCCN1C(=O)c1c3c(c(O)c(=O)n12)C(=O)N(Cc1ccc(F)c(Cl)c1)CC3. The number of pyridine rings is 1. The molecule has 1 unspecified atom stereocenters. The minimum Gasteiger partial charge on any atom is -0.502 e. The number of rotatable bonds is 3. The van der Waals surface area contributed by atoms with Gasteiger partial charge < -0.3 is 14.9 Å². The average Bonchev–Trinajstić information content (AvgIpc) is 3.05. The van der Waals surface area contributed by atoms with Gasteiger partial charge in [0.15, 0.2) is 5.75 Å². The standard InChI is InChI=1S/C23H23ClFN3O4/c1-2-23-8-3-4-9-27(23)21(31)18-14-7-10-26(12-13-5-6-16(25)15(24)11-13)20(30)17(14)19(29)22(32)28(18)23/h5-6,11,29H,2-4,7-10,12H2,1H3. The van der Waals surface area contributed by atoms with E-state index in [0.717, 1.165) is 12.8 Å². The molecule has 0 bridgehead atoms. The lowest BCUT2D eigenvalue weighted by molar-refractivity contribution is 0.00945. The van der Waals surface area contributed by atoms with E-state index < -0.39 is 28.7 Å². The normalized spacial score (nSPS) is 22.1. The molecule has 0 spiro atoms. The number of hydrogen-bond acceptors (Lipinski definition) is 4. The van der Waals surface area contributed by atoms with Crippen molar-refractivity contribution in [1.29, 1.82) is 0 Å². The van der Waals surface area contributed by atoms with E-state index in [0.29, 0.717) is 43.5 Å². The summed E-state index contributed by atoms with van der Waals surface area (Å²) in [7, 11) is 0. The van der Waals surface area contributed by atoms with Gasteiger partial charge in [0.05, 0.1) is 10.6 Å². The van der Waals surface area contributed by atoms with Crippen molar-refractivity contribution in [3.8, 4) is 5.75 Å². The fourth-order valence-electron chi connectivity index (χ4n) is 5.52. The lowest BCUT2D eigenvalue weighted by Crippen LogP contribution is -2.52. The molecule has 0 radical (unpaired) electrons. The predicted molar refractivity (Wildman–Crippen MR) is 115 cm³/mol. The number of hydrogen-bond donors (Lipinski definition) is 1. The van der Waals surface area contributed by atoms with Crippen LogP contribution in [0.3, 0.4) is 0 Å². The summed E-state index contributed by atoms with van der Waals surface area (Å²) < 4.78 is 14.9. The zero-order valence-corrected chi connectivity index (χ0v) is 18.4. The fourth-order valence-corrected chi connectivity index (χ4v) is 5.72. The molecule has 1 aromatic carbocycles. The van der Waals surface area contributed by atoms with Gasteiger partial charge in [0.25, 0.3) is 17.4 Å². The Morgan fingerprint density at radius 3 is 2.66 bits per heavy atom. The number of aromatic hydroxyl groups is 1. The second-order valence-electron chi connectivity index (χ2n) is 8.67. The third-order valence-electron chi connectivity index (χ3n) is 7.09. The van der Waals surface area contributed by atoms with Crippen molar-refractivity contribution in [3.05, 3.63) is 61.8 Å². The number of carbonyl (C=O) groups excluding carboxylic acids is 2. The fraction of sp³-hybridized carbons (Fsp3) is 0.435. The first-order valence-corrected chi connectivity index (χ1v) is 11.2. The molecule has 1 atom stereocenters. The van der Waals surface area contributed by atoms with Crippen LogP contribution >= 0.6 is 11.6 Å². The second-order valence-corrected chi connectivity index (χ2v) is 9.07. The Hall–Kier alpha value is -2.87. The van der Waals surface area contributed by atoms with Gasteiger partial charge in [-0.1, -0.05) is 24.6 Å². The minimum atomic E-state index is -0.778. The predicted octanol–water partition coefficient (Wildman–Crippen LogP) is 3.25. The van der Waals surface area contributed by atoms with Crippen molar-refractivity contribution in [3.63, 3.8) is 0 Å². The number of fused-ring (bicyclic) bond motifs is 5. The van der Waals surface area contributed by atoms with E-state index in [1.54, 1.807) is 4.90 Å². The molecule has 1 saturated heterocycles. The van der Waals surface area contributed by atoms with E-state index in [-0.39, 0.29) is 28.7 Å². The van der Waals surface area contributed by atoms with E-state index in [9.17, 15) is 23.9 Å². The summed E-state index contributed by atoms with van der Waals surface area (Å²) in [6, 6.07) is 4.22. The smallest absolute Gasteiger partial charge is 0.296 e. The van der Waals surface area contributed by atoms with Crippen molar-refractivity contribution in [2.45, 2.75) is 51.2 Å². The lowest BCUT2D eigenvalue weighted by atomic mass is 9.93. The Morgan fingerprint density at radius 1 is 1.16 bits per heavy atom. The number of piperidine rings is 1. The van der Waals surface area contributed by atoms with E-state index in [1.165, 1.54) is 27.7 Å². The van der Waals surface area contributed by atoms with Gasteiger partial charge in [0, 0.05) is 25.2 Å². The van der Waals surface area contributed by atoms with Gasteiger partial charge in [-0.15, -0.1) is 0 Å². The molecule has 0 saturated carbocycles. The van der Waals surface area contributed by atoms with Gasteiger partial charge in [-0.3, -0.25) is 19.0 Å². The van der Waals surface area contributed by atoms with Crippen molar-refractivity contribution in [1.82, 2.24) is 14.4 Å². The summed E-state index contributed by atoms with van der Waals surface area (Å²) in [5, 5.41) is 10.8. The molecule has 2 aromatic rings. The van der Waals surface area contributed by atoms with Gasteiger partial charge in [-0.25, -0.2) is 4.39 Å². The van der Waals surface area contributed by atoms with Crippen LogP contribution in [0.15, 0.2) is 23.0 Å². The average molecular weight is 460 g/mol. The summed E-state index contributed by atoms with van der Waals surface area (Å²) in [5.74, 6) is -1.92. The van der Waals surface area contributed by atoms with Gasteiger partial charge in [0.2, 0.25) is 0 Å². The van der Waals surface area contributed by atoms with Crippen LogP contribution in [0.4, 0.5) is 4.39 Å². The Labute approximate surface area is 189 Å². The molecule has 4 heterocycles.